The van der Waals surface area contributed by atoms with Gasteiger partial charge in [0.15, 0.2) is 0 Å². The maximum Gasteiger partial charge on any atom is 0.416 e. The lowest BCUT2D eigenvalue weighted by Crippen LogP contribution is -2.49. The van der Waals surface area contributed by atoms with E-state index >= 15 is 0 Å². The van der Waals surface area contributed by atoms with Crippen molar-refractivity contribution >= 4 is 5.91 Å². The van der Waals surface area contributed by atoms with Gasteiger partial charge < -0.3 is 5.32 Å². The van der Waals surface area contributed by atoms with Gasteiger partial charge in [-0.15, -0.1) is 0 Å². The Kier molecular flexibility index (Phi) is 6.18. The molecule has 0 bridgehead atoms. The van der Waals surface area contributed by atoms with Gasteiger partial charge in [-0.3, -0.25) is 4.79 Å². The predicted molar refractivity (Wildman–Crippen MR) is 115 cm³/mol. The number of amides is 1. The van der Waals surface area contributed by atoms with Gasteiger partial charge in [0.25, 0.3) is 0 Å². The Balaban J connectivity index is 1.96. The zero-order valence-electron chi connectivity index (χ0n) is 17.9. The Labute approximate surface area is 192 Å². The molecule has 0 heterocycles. The van der Waals surface area contributed by atoms with Crippen molar-refractivity contribution in [2.75, 3.05) is 0 Å². The van der Waals surface area contributed by atoms with Crippen molar-refractivity contribution in [2.24, 2.45) is 5.92 Å². The summed E-state index contributed by atoms with van der Waals surface area (Å²) < 4.78 is 81.4. The number of rotatable bonds is 6. The lowest BCUT2D eigenvalue weighted by Gasteiger charge is -2.37. The molecule has 1 amide bonds. The van der Waals surface area contributed by atoms with Gasteiger partial charge in [-0.05, 0) is 53.8 Å². The minimum atomic E-state index is -4.66. The van der Waals surface area contributed by atoms with E-state index in [2.05, 4.69) is 5.32 Å². The normalized spacial score (nSPS) is 14.6. The molecule has 1 fully saturated rings. The third-order valence-corrected chi connectivity index (χ3v) is 5.96. The molecular formula is C26H21F6NO. The Morgan fingerprint density at radius 2 is 1.18 bits per heavy atom. The second-order valence-electron chi connectivity index (χ2n) is 8.49. The molecule has 1 aliphatic carbocycles. The molecule has 0 aliphatic heterocycles. The minimum absolute atomic E-state index is 0.0328. The minimum Gasteiger partial charge on any atom is -0.342 e. The second kappa shape index (κ2) is 8.81. The number of carbonyl (C=O) groups is 1. The molecule has 2 nitrogen and oxygen atoms in total. The van der Waals surface area contributed by atoms with Gasteiger partial charge in [-0.25, -0.2) is 0 Å². The van der Waals surface area contributed by atoms with Crippen LogP contribution in [0, 0.1) is 5.92 Å². The summed E-state index contributed by atoms with van der Waals surface area (Å²) in [6.45, 7) is 0. The van der Waals surface area contributed by atoms with Crippen molar-refractivity contribution in [3.05, 3.63) is 107 Å². The van der Waals surface area contributed by atoms with E-state index in [9.17, 15) is 31.1 Å². The van der Waals surface area contributed by atoms with Crippen LogP contribution in [0.25, 0.3) is 0 Å². The largest absolute Gasteiger partial charge is 0.416 e. The third-order valence-electron chi connectivity index (χ3n) is 5.96. The fourth-order valence-corrected chi connectivity index (χ4v) is 4.04. The highest BCUT2D eigenvalue weighted by atomic mass is 19.4. The molecular weight excluding hydrogens is 456 g/mol. The number of alkyl halides is 6. The average Bonchev–Trinajstić information content (AvgIpc) is 3.64. The van der Waals surface area contributed by atoms with Crippen molar-refractivity contribution < 1.29 is 31.1 Å². The summed E-state index contributed by atoms with van der Waals surface area (Å²) in [7, 11) is 0. The Morgan fingerprint density at radius 3 is 1.62 bits per heavy atom. The van der Waals surface area contributed by atoms with Gasteiger partial charge >= 0.3 is 12.4 Å². The Bertz CT molecular complexity index is 1110. The van der Waals surface area contributed by atoms with Gasteiger partial charge in [-0.1, -0.05) is 54.6 Å². The fourth-order valence-electron chi connectivity index (χ4n) is 4.04. The lowest BCUT2D eigenvalue weighted by molar-refractivity contribution is -0.138. The number of carbonyl (C=O) groups excluding carboxylic acids is 1. The summed E-state index contributed by atoms with van der Waals surface area (Å²) in [4.78, 5) is 13.0. The van der Waals surface area contributed by atoms with Gasteiger partial charge in [0.05, 0.1) is 16.7 Å². The maximum absolute atomic E-state index is 13.6. The predicted octanol–water partition coefficient (Wildman–Crippen LogP) is 6.74. The molecule has 0 radical (unpaired) electrons. The monoisotopic (exact) mass is 477 g/mol. The zero-order chi connectivity index (χ0) is 24.6. The SMILES string of the molecule is O=C(NC(Cc1ccccc1)(c1cccc(C(F)(F)F)c1)c1cccc(C(F)(F)F)c1)C1CC1. The number of hydrogen-bond donors (Lipinski definition) is 1. The Morgan fingerprint density at radius 1 is 0.706 bits per heavy atom. The summed E-state index contributed by atoms with van der Waals surface area (Å²) in [6, 6.07) is 17.5. The molecule has 0 atom stereocenters. The maximum atomic E-state index is 13.6. The van der Waals surface area contributed by atoms with Gasteiger partial charge in [-0.2, -0.15) is 26.3 Å². The molecule has 8 heteroatoms. The summed E-state index contributed by atoms with van der Waals surface area (Å²) in [6.07, 6.45) is -8.11. The van der Waals surface area contributed by atoms with Gasteiger partial charge in [0.2, 0.25) is 5.91 Å². The molecule has 1 N–H and O–H groups in total. The zero-order valence-corrected chi connectivity index (χ0v) is 17.9. The highest BCUT2D eigenvalue weighted by molar-refractivity contribution is 5.82. The van der Waals surface area contributed by atoms with Crippen LogP contribution in [-0.2, 0) is 29.1 Å². The standard InChI is InChI=1S/C26H21F6NO/c27-25(28,29)21-10-4-8-19(14-21)24(33-23(34)18-12-13-18,16-17-6-2-1-3-7-17)20-9-5-11-22(15-20)26(30,31)32/h1-11,14-15,18H,12-13,16H2,(H,33,34). The van der Waals surface area contributed by atoms with E-state index in [1.165, 1.54) is 24.3 Å². The molecule has 1 saturated carbocycles. The fraction of sp³-hybridized carbons (Fsp3) is 0.269. The molecule has 3 aromatic rings. The van der Waals surface area contributed by atoms with E-state index < -0.39 is 34.9 Å². The van der Waals surface area contributed by atoms with Crippen LogP contribution in [-0.4, -0.2) is 5.91 Å². The van der Waals surface area contributed by atoms with Crippen LogP contribution in [0.3, 0.4) is 0 Å². The second-order valence-corrected chi connectivity index (χ2v) is 8.49. The molecule has 3 aromatic carbocycles. The van der Waals surface area contributed by atoms with Crippen molar-refractivity contribution in [1.29, 1.82) is 0 Å². The van der Waals surface area contributed by atoms with Crippen LogP contribution in [0.4, 0.5) is 26.3 Å². The average molecular weight is 477 g/mol. The van der Waals surface area contributed by atoms with Crippen molar-refractivity contribution in [3.8, 4) is 0 Å². The molecule has 4 rings (SSSR count). The van der Waals surface area contributed by atoms with Gasteiger partial charge in [0.1, 0.15) is 0 Å². The van der Waals surface area contributed by atoms with Crippen LogP contribution in [0.5, 0.6) is 0 Å². The van der Waals surface area contributed by atoms with Crippen LogP contribution in [0.1, 0.15) is 40.7 Å². The van der Waals surface area contributed by atoms with Crippen LogP contribution in [0.2, 0.25) is 0 Å². The van der Waals surface area contributed by atoms with Crippen molar-refractivity contribution in [1.82, 2.24) is 5.32 Å². The first-order chi connectivity index (χ1) is 16.0. The van der Waals surface area contributed by atoms with Crippen LogP contribution < -0.4 is 5.32 Å². The van der Waals surface area contributed by atoms with Crippen LogP contribution in [0.15, 0.2) is 78.9 Å². The van der Waals surface area contributed by atoms with E-state index in [1.54, 1.807) is 30.3 Å². The molecule has 0 spiro atoms. The van der Waals surface area contributed by atoms with E-state index in [-0.39, 0.29) is 23.5 Å². The summed E-state index contributed by atoms with van der Waals surface area (Å²) in [5.74, 6) is -0.711. The summed E-state index contributed by atoms with van der Waals surface area (Å²) in [5, 5.41) is 2.86. The van der Waals surface area contributed by atoms with E-state index in [0.717, 1.165) is 24.3 Å². The van der Waals surface area contributed by atoms with E-state index in [4.69, 9.17) is 0 Å². The highest BCUT2D eigenvalue weighted by Gasteiger charge is 2.43. The van der Waals surface area contributed by atoms with Crippen molar-refractivity contribution in [2.45, 2.75) is 37.2 Å². The molecule has 34 heavy (non-hydrogen) atoms. The number of nitrogens with one attached hydrogen (secondary N) is 1. The molecule has 0 saturated heterocycles. The van der Waals surface area contributed by atoms with Crippen molar-refractivity contribution in [3.63, 3.8) is 0 Å². The number of halogens is 6. The van der Waals surface area contributed by atoms with Gasteiger partial charge in [0, 0.05) is 12.3 Å². The topological polar surface area (TPSA) is 29.1 Å². The third kappa shape index (κ3) is 5.11. The highest BCUT2D eigenvalue weighted by Crippen LogP contribution is 2.41. The summed E-state index contributed by atoms with van der Waals surface area (Å²) >= 11 is 0. The first-order valence-electron chi connectivity index (χ1n) is 10.7. The smallest absolute Gasteiger partial charge is 0.342 e. The molecule has 0 unspecified atom stereocenters. The van der Waals surface area contributed by atoms with E-state index in [0.29, 0.717) is 18.4 Å². The molecule has 178 valence electrons. The first kappa shape index (κ1) is 23.9. The van der Waals surface area contributed by atoms with E-state index in [1.807, 2.05) is 0 Å². The molecule has 1 aliphatic rings. The van der Waals surface area contributed by atoms with Crippen LogP contribution >= 0.6 is 0 Å². The quantitative estimate of drug-likeness (QED) is 0.392. The molecule has 0 aromatic heterocycles. The number of hydrogen-bond acceptors (Lipinski definition) is 1. The first-order valence-corrected chi connectivity index (χ1v) is 10.7. The number of benzene rings is 3. The Hall–Kier alpha value is -3.29. The lowest BCUT2D eigenvalue weighted by atomic mass is 9.76. The summed E-state index contributed by atoms with van der Waals surface area (Å²) in [5.41, 5.74) is -2.79.